The summed E-state index contributed by atoms with van der Waals surface area (Å²) in [4.78, 5) is 4.60. The first-order valence-corrected chi connectivity index (χ1v) is 5.43. The number of aliphatic hydroxyl groups excluding tert-OH is 1. The lowest BCUT2D eigenvalue weighted by Crippen LogP contribution is -2.21. The summed E-state index contributed by atoms with van der Waals surface area (Å²) in [5.74, 6) is 1.52. The Labute approximate surface area is 88.4 Å². The maximum Gasteiger partial charge on any atom is 0.110 e. The van der Waals surface area contributed by atoms with Crippen LogP contribution < -0.4 is 0 Å². The van der Waals surface area contributed by atoms with Crippen LogP contribution in [0, 0.1) is 5.92 Å². The molecule has 3 rings (SSSR count). The highest BCUT2D eigenvalue weighted by Crippen LogP contribution is 2.24. The smallest absolute Gasteiger partial charge is 0.110 e. The van der Waals surface area contributed by atoms with Crippen molar-refractivity contribution in [1.29, 1.82) is 0 Å². The standard InChI is InChI=1S/C12H14N2O/c15-8-9-5-6-14-11-4-2-1-3-10(11)13-12(14)7-9/h1-4,9,15H,5-8H2. The molecular weight excluding hydrogens is 188 g/mol. The number of fused-ring (bicyclic) bond motifs is 3. The van der Waals surface area contributed by atoms with Crippen LogP contribution in [0.2, 0.25) is 0 Å². The molecule has 0 amide bonds. The number of aliphatic hydroxyl groups is 1. The molecule has 1 aliphatic heterocycles. The summed E-state index contributed by atoms with van der Waals surface area (Å²) in [6, 6.07) is 8.24. The van der Waals surface area contributed by atoms with Gasteiger partial charge in [-0.3, -0.25) is 0 Å². The lowest BCUT2D eigenvalue weighted by Gasteiger charge is -2.21. The Kier molecular flexibility index (Phi) is 1.99. The van der Waals surface area contributed by atoms with E-state index in [1.54, 1.807) is 0 Å². The van der Waals surface area contributed by atoms with Gasteiger partial charge in [0.2, 0.25) is 0 Å². The molecule has 15 heavy (non-hydrogen) atoms. The van der Waals surface area contributed by atoms with E-state index in [2.05, 4.69) is 27.8 Å². The fourth-order valence-corrected chi connectivity index (χ4v) is 2.36. The zero-order chi connectivity index (χ0) is 10.3. The van der Waals surface area contributed by atoms with Crippen LogP contribution in [-0.4, -0.2) is 21.3 Å². The molecule has 0 saturated carbocycles. The molecular formula is C12H14N2O. The molecule has 3 heteroatoms. The Morgan fingerprint density at radius 3 is 3.13 bits per heavy atom. The summed E-state index contributed by atoms with van der Waals surface area (Å²) < 4.78 is 2.28. The molecule has 1 aromatic carbocycles. The van der Waals surface area contributed by atoms with E-state index in [-0.39, 0.29) is 6.61 Å². The minimum absolute atomic E-state index is 0.281. The van der Waals surface area contributed by atoms with Crippen LogP contribution in [0.15, 0.2) is 24.3 Å². The van der Waals surface area contributed by atoms with Gasteiger partial charge in [0.1, 0.15) is 5.82 Å². The zero-order valence-corrected chi connectivity index (χ0v) is 8.56. The number of aryl methyl sites for hydroxylation is 1. The van der Waals surface area contributed by atoms with Crippen LogP contribution in [0.25, 0.3) is 11.0 Å². The maximum absolute atomic E-state index is 9.15. The minimum atomic E-state index is 0.281. The average molecular weight is 202 g/mol. The molecule has 0 saturated heterocycles. The van der Waals surface area contributed by atoms with Gasteiger partial charge in [0, 0.05) is 19.6 Å². The summed E-state index contributed by atoms with van der Waals surface area (Å²) in [6.07, 6.45) is 1.97. The van der Waals surface area contributed by atoms with Crippen LogP contribution in [0.5, 0.6) is 0 Å². The van der Waals surface area contributed by atoms with E-state index in [0.717, 1.165) is 30.7 Å². The molecule has 1 N–H and O–H groups in total. The van der Waals surface area contributed by atoms with Crippen molar-refractivity contribution in [3.05, 3.63) is 30.1 Å². The third-order valence-corrected chi connectivity index (χ3v) is 3.22. The monoisotopic (exact) mass is 202 g/mol. The van der Waals surface area contributed by atoms with Crippen molar-refractivity contribution < 1.29 is 5.11 Å². The Morgan fingerprint density at radius 1 is 1.40 bits per heavy atom. The molecule has 78 valence electrons. The molecule has 0 bridgehead atoms. The topological polar surface area (TPSA) is 38.0 Å². The molecule has 0 spiro atoms. The molecule has 2 aromatic rings. The van der Waals surface area contributed by atoms with Gasteiger partial charge < -0.3 is 9.67 Å². The number of imidazole rings is 1. The Hall–Kier alpha value is -1.35. The second kappa shape index (κ2) is 3.35. The predicted molar refractivity (Wildman–Crippen MR) is 58.6 cm³/mol. The second-order valence-corrected chi connectivity index (χ2v) is 4.21. The van der Waals surface area contributed by atoms with E-state index in [1.165, 1.54) is 5.52 Å². The predicted octanol–water partition coefficient (Wildman–Crippen LogP) is 1.59. The SMILES string of the molecule is OCC1CCn2c(nc3ccccc32)C1. The number of rotatable bonds is 1. The molecule has 2 heterocycles. The highest BCUT2D eigenvalue weighted by atomic mass is 16.3. The molecule has 0 fully saturated rings. The van der Waals surface area contributed by atoms with Gasteiger partial charge in [-0.2, -0.15) is 0 Å². The number of nitrogens with zero attached hydrogens (tertiary/aromatic N) is 2. The van der Waals surface area contributed by atoms with E-state index in [0.29, 0.717) is 5.92 Å². The van der Waals surface area contributed by atoms with Crippen LogP contribution in [0.4, 0.5) is 0 Å². The van der Waals surface area contributed by atoms with Crippen molar-refractivity contribution in [2.45, 2.75) is 19.4 Å². The summed E-state index contributed by atoms with van der Waals surface area (Å²) in [5.41, 5.74) is 2.30. The summed E-state index contributed by atoms with van der Waals surface area (Å²) in [6.45, 7) is 1.27. The van der Waals surface area contributed by atoms with E-state index in [9.17, 15) is 0 Å². The van der Waals surface area contributed by atoms with Crippen molar-refractivity contribution in [2.24, 2.45) is 5.92 Å². The average Bonchev–Trinajstić information content (AvgIpc) is 2.66. The van der Waals surface area contributed by atoms with E-state index >= 15 is 0 Å². The Balaban J connectivity index is 2.12. The molecule has 3 nitrogen and oxygen atoms in total. The molecule has 1 aliphatic rings. The van der Waals surface area contributed by atoms with Gasteiger partial charge in [0.15, 0.2) is 0 Å². The summed E-state index contributed by atoms with van der Waals surface area (Å²) >= 11 is 0. The zero-order valence-electron chi connectivity index (χ0n) is 8.56. The quantitative estimate of drug-likeness (QED) is 0.762. The molecule has 1 unspecified atom stereocenters. The molecule has 1 atom stereocenters. The Bertz CT molecular complexity index is 489. The molecule has 0 aliphatic carbocycles. The number of para-hydroxylation sites is 2. The third kappa shape index (κ3) is 1.35. The minimum Gasteiger partial charge on any atom is -0.396 e. The largest absolute Gasteiger partial charge is 0.396 e. The van der Waals surface area contributed by atoms with Gasteiger partial charge in [-0.25, -0.2) is 4.98 Å². The summed E-state index contributed by atoms with van der Waals surface area (Å²) in [5, 5.41) is 9.15. The lowest BCUT2D eigenvalue weighted by molar-refractivity contribution is 0.200. The maximum atomic E-state index is 9.15. The van der Waals surface area contributed by atoms with Crippen LogP contribution in [0.3, 0.4) is 0 Å². The summed E-state index contributed by atoms with van der Waals surface area (Å²) in [7, 11) is 0. The van der Waals surface area contributed by atoms with E-state index in [4.69, 9.17) is 5.11 Å². The van der Waals surface area contributed by atoms with Crippen LogP contribution in [0.1, 0.15) is 12.2 Å². The lowest BCUT2D eigenvalue weighted by atomic mass is 9.99. The number of aromatic nitrogens is 2. The van der Waals surface area contributed by atoms with E-state index < -0.39 is 0 Å². The van der Waals surface area contributed by atoms with Gasteiger partial charge in [-0.15, -0.1) is 0 Å². The van der Waals surface area contributed by atoms with Gasteiger partial charge in [0.05, 0.1) is 11.0 Å². The Morgan fingerprint density at radius 2 is 2.27 bits per heavy atom. The van der Waals surface area contributed by atoms with Crippen molar-refractivity contribution in [3.63, 3.8) is 0 Å². The highest BCUT2D eigenvalue weighted by Gasteiger charge is 2.20. The third-order valence-electron chi connectivity index (χ3n) is 3.22. The van der Waals surface area contributed by atoms with Gasteiger partial charge in [-0.1, -0.05) is 12.1 Å². The first-order valence-electron chi connectivity index (χ1n) is 5.43. The van der Waals surface area contributed by atoms with Gasteiger partial charge >= 0.3 is 0 Å². The van der Waals surface area contributed by atoms with Crippen LogP contribution >= 0.6 is 0 Å². The highest BCUT2D eigenvalue weighted by molar-refractivity contribution is 5.75. The molecule has 0 radical (unpaired) electrons. The second-order valence-electron chi connectivity index (χ2n) is 4.21. The van der Waals surface area contributed by atoms with Crippen LogP contribution in [-0.2, 0) is 13.0 Å². The first-order chi connectivity index (χ1) is 7.38. The number of benzene rings is 1. The van der Waals surface area contributed by atoms with Gasteiger partial charge in [-0.05, 0) is 24.5 Å². The first kappa shape index (κ1) is 8.92. The fraction of sp³-hybridized carbons (Fsp3) is 0.417. The normalized spacial score (nSPS) is 20.5. The van der Waals surface area contributed by atoms with Gasteiger partial charge in [0.25, 0.3) is 0 Å². The number of hydrogen-bond donors (Lipinski definition) is 1. The van der Waals surface area contributed by atoms with Crippen molar-refractivity contribution in [1.82, 2.24) is 9.55 Å². The van der Waals surface area contributed by atoms with Crippen molar-refractivity contribution in [2.75, 3.05) is 6.61 Å². The van der Waals surface area contributed by atoms with Crippen molar-refractivity contribution >= 4 is 11.0 Å². The number of hydrogen-bond acceptors (Lipinski definition) is 2. The van der Waals surface area contributed by atoms with E-state index in [1.807, 2.05) is 6.07 Å². The van der Waals surface area contributed by atoms with Crippen molar-refractivity contribution in [3.8, 4) is 0 Å². The molecule has 1 aromatic heterocycles. The fourth-order valence-electron chi connectivity index (χ4n) is 2.36.